The standard InChI is InChI=1S/C27H24O8/c1-13(28)32-25-22-20(35-27(3,4)26(25)33-14(2)29)12-19-21(24(22)31-5)23(30)17-10-15-8-6-7-9-16(15)11-18(17)34-19/h6-12,25-26H,1-5H3/t25-,26-/m0/s1. The maximum atomic E-state index is 13.7. The zero-order valence-corrected chi connectivity index (χ0v) is 20.0. The van der Waals surface area contributed by atoms with Crippen molar-refractivity contribution >= 4 is 44.6 Å². The van der Waals surface area contributed by atoms with Crippen LogP contribution in [-0.2, 0) is 19.1 Å². The van der Waals surface area contributed by atoms with E-state index in [1.165, 1.54) is 21.0 Å². The van der Waals surface area contributed by atoms with E-state index < -0.39 is 29.7 Å². The fourth-order valence-electron chi connectivity index (χ4n) is 4.76. The number of esters is 2. The smallest absolute Gasteiger partial charge is 0.303 e. The lowest BCUT2D eigenvalue weighted by molar-refractivity contribution is -0.188. The Labute approximate surface area is 200 Å². The van der Waals surface area contributed by atoms with Crippen LogP contribution in [-0.4, -0.2) is 30.8 Å². The Morgan fingerprint density at radius 1 is 0.943 bits per heavy atom. The van der Waals surface area contributed by atoms with Gasteiger partial charge >= 0.3 is 11.9 Å². The molecule has 0 aliphatic carbocycles. The van der Waals surface area contributed by atoms with Gasteiger partial charge < -0.3 is 23.4 Å². The number of hydrogen-bond donors (Lipinski definition) is 0. The van der Waals surface area contributed by atoms with Crippen molar-refractivity contribution in [2.24, 2.45) is 0 Å². The molecule has 4 aromatic rings. The fraction of sp³-hybridized carbons (Fsp3) is 0.296. The number of carbonyl (C=O) groups is 2. The van der Waals surface area contributed by atoms with Gasteiger partial charge in [-0.15, -0.1) is 0 Å². The number of ether oxygens (including phenoxy) is 4. The third-order valence-corrected chi connectivity index (χ3v) is 6.19. The van der Waals surface area contributed by atoms with Crippen molar-refractivity contribution < 1.29 is 33.0 Å². The van der Waals surface area contributed by atoms with Gasteiger partial charge in [0.15, 0.2) is 12.2 Å². The molecule has 0 unspecified atom stereocenters. The van der Waals surface area contributed by atoms with Crippen molar-refractivity contribution in [3.8, 4) is 11.5 Å². The van der Waals surface area contributed by atoms with E-state index in [9.17, 15) is 14.4 Å². The Morgan fingerprint density at radius 2 is 1.60 bits per heavy atom. The SMILES string of the molecule is COc1c2c(cc3oc4cc5ccccc5cc4c(=O)c13)OC(C)(C)[C@@H](OC(C)=O)[C@H]2OC(C)=O. The minimum atomic E-state index is -1.07. The molecular weight excluding hydrogens is 452 g/mol. The molecule has 1 aliphatic heterocycles. The monoisotopic (exact) mass is 476 g/mol. The van der Waals surface area contributed by atoms with Crippen LogP contribution in [0.25, 0.3) is 32.7 Å². The summed E-state index contributed by atoms with van der Waals surface area (Å²) in [5.41, 5.74) is -0.384. The molecule has 35 heavy (non-hydrogen) atoms. The molecule has 2 heterocycles. The van der Waals surface area contributed by atoms with Gasteiger partial charge in [0.1, 0.15) is 33.7 Å². The van der Waals surface area contributed by atoms with Crippen molar-refractivity contribution in [3.63, 3.8) is 0 Å². The summed E-state index contributed by atoms with van der Waals surface area (Å²) in [6.45, 7) is 5.96. The number of hydrogen-bond acceptors (Lipinski definition) is 8. The van der Waals surface area contributed by atoms with Crippen LogP contribution in [0.15, 0.2) is 51.7 Å². The van der Waals surface area contributed by atoms with Crippen molar-refractivity contribution in [3.05, 3.63) is 58.3 Å². The van der Waals surface area contributed by atoms with Crippen LogP contribution >= 0.6 is 0 Å². The first-order chi connectivity index (χ1) is 16.6. The summed E-state index contributed by atoms with van der Waals surface area (Å²) in [6, 6.07) is 12.9. The van der Waals surface area contributed by atoms with Crippen LogP contribution in [0, 0.1) is 0 Å². The summed E-state index contributed by atoms with van der Waals surface area (Å²) in [7, 11) is 1.41. The molecule has 2 atom stereocenters. The molecule has 3 aromatic carbocycles. The second-order valence-electron chi connectivity index (χ2n) is 9.09. The van der Waals surface area contributed by atoms with Gasteiger partial charge in [-0.05, 0) is 36.8 Å². The van der Waals surface area contributed by atoms with Crippen molar-refractivity contribution in [1.82, 2.24) is 0 Å². The zero-order valence-electron chi connectivity index (χ0n) is 20.0. The third kappa shape index (κ3) is 3.65. The highest BCUT2D eigenvalue weighted by atomic mass is 16.6. The average molecular weight is 476 g/mol. The van der Waals surface area contributed by atoms with Crippen LogP contribution in [0.4, 0.5) is 0 Å². The van der Waals surface area contributed by atoms with Gasteiger partial charge in [-0.3, -0.25) is 14.4 Å². The van der Waals surface area contributed by atoms with Gasteiger partial charge in [0.05, 0.1) is 18.1 Å². The Bertz CT molecular complexity index is 1580. The topological polar surface area (TPSA) is 101 Å². The minimum Gasteiger partial charge on any atom is -0.495 e. The van der Waals surface area contributed by atoms with Crippen LogP contribution < -0.4 is 14.9 Å². The zero-order chi connectivity index (χ0) is 25.1. The van der Waals surface area contributed by atoms with Gasteiger partial charge in [0.25, 0.3) is 0 Å². The van der Waals surface area contributed by atoms with E-state index in [0.717, 1.165) is 10.8 Å². The summed E-state index contributed by atoms with van der Waals surface area (Å²) in [5, 5.41) is 2.38. The first kappa shape index (κ1) is 22.7. The number of fused-ring (bicyclic) bond motifs is 4. The van der Waals surface area contributed by atoms with E-state index in [2.05, 4.69) is 0 Å². The molecule has 180 valence electrons. The van der Waals surface area contributed by atoms with Crippen LogP contribution in [0.1, 0.15) is 39.4 Å². The first-order valence-corrected chi connectivity index (χ1v) is 11.1. The third-order valence-electron chi connectivity index (χ3n) is 6.19. The predicted molar refractivity (Wildman–Crippen MR) is 129 cm³/mol. The molecule has 8 heteroatoms. The van der Waals surface area contributed by atoms with Crippen molar-refractivity contribution in [2.75, 3.05) is 7.11 Å². The highest BCUT2D eigenvalue weighted by Gasteiger charge is 2.50. The second-order valence-corrected chi connectivity index (χ2v) is 9.09. The molecule has 1 aromatic heterocycles. The number of benzene rings is 3. The Morgan fingerprint density at radius 3 is 2.23 bits per heavy atom. The first-order valence-electron chi connectivity index (χ1n) is 11.1. The molecule has 0 fully saturated rings. The van der Waals surface area contributed by atoms with Gasteiger partial charge in [0, 0.05) is 19.9 Å². The lowest BCUT2D eigenvalue weighted by atomic mass is 9.86. The molecule has 8 nitrogen and oxygen atoms in total. The number of methoxy groups -OCH3 is 1. The molecular formula is C27H24O8. The van der Waals surface area contributed by atoms with Gasteiger partial charge in [-0.25, -0.2) is 0 Å². The van der Waals surface area contributed by atoms with E-state index >= 15 is 0 Å². The van der Waals surface area contributed by atoms with Gasteiger partial charge in [0.2, 0.25) is 5.43 Å². The molecule has 0 radical (unpaired) electrons. The second kappa shape index (κ2) is 8.01. The molecule has 0 saturated heterocycles. The highest BCUT2D eigenvalue weighted by Crippen LogP contribution is 2.50. The molecule has 0 N–H and O–H groups in total. The molecule has 0 spiro atoms. The Hall–Kier alpha value is -4.07. The predicted octanol–water partition coefficient (Wildman–Crippen LogP) is 4.81. The molecule has 1 aliphatic rings. The summed E-state index contributed by atoms with van der Waals surface area (Å²) in [6.07, 6.45) is -2.06. The Kier molecular flexibility index (Phi) is 5.20. The fourth-order valence-corrected chi connectivity index (χ4v) is 4.76. The molecule has 5 rings (SSSR count). The largest absolute Gasteiger partial charge is 0.495 e. The highest BCUT2D eigenvalue weighted by molar-refractivity contribution is 6.01. The van der Waals surface area contributed by atoms with E-state index in [1.807, 2.05) is 30.3 Å². The summed E-state index contributed by atoms with van der Waals surface area (Å²) in [5.74, 6) is -0.711. The van der Waals surface area contributed by atoms with E-state index in [0.29, 0.717) is 22.3 Å². The maximum Gasteiger partial charge on any atom is 0.303 e. The average Bonchev–Trinajstić information content (AvgIpc) is 2.78. The molecule has 0 bridgehead atoms. The van der Waals surface area contributed by atoms with Crippen LogP contribution in [0.5, 0.6) is 11.5 Å². The lowest BCUT2D eigenvalue weighted by Crippen LogP contribution is -2.52. The molecule has 0 saturated carbocycles. The molecule has 0 amide bonds. The van der Waals surface area contributed by atoms with Crippen LogP contribution in [0.3, 0.4) is 0 Å². The quantitative estimate of drug-likeness (QED) is 0.307. The number of carbonyl (C=O) groups excluding carboxylic acids is 2. The van der Waals surface area contributed by atoms with Crippen molar-refractivity contribution in [2.45, 2.75) is 45.5 Å². The summed E-state index contributed by atoms with van der Waals surface area (Å²) in [4.78, 5) is 37.7. The Balaban J connectivity index is 1.86. The lowest BCUT2D eigenvalue weighted by Gasteiger charge is -2.43. The van der Waals surface area contributed by atoms with E-state index in [1.54, 1.807) is 26.0 Å². The number of rotatable bonds is 3. The minimum absolute atomic E-state index is 0.139. The van der Waals surface area contributed by atoms with Gasteiger partial charge in [-0.2, -0.15) is 0 Å². The summed E-state index contributed by atoms with van der Waals surface area (Å²) >= 11 is 0. The van der Waals surface area contributed by atoms with E-state index in [4.69, 9.17) is 23.4 Å². The van der Waals surface area contributed by atoms with E-state index in [-0.39, 0.29) is 22.1 Å². The summed E-state index contributed by atoms with van der Waals surface area (Å²) < 4.78 is 29.3. The maximum absolute atomic E-state index is 13.7. The van der Waals surface area contributed by atoms with Gasteiger partial charge in [-0.1, -0.05) is 24.3 Å². The normalized spacial score (nSPS) is 18.7. The van der Waals surface area contributed by atoms with Crippen molar-refractivity contribution in [1.29, 1.82) is 0 Å². The van der Waals surface area contributed by atoms with Crippen LogP contribution in [0.2, 0.25) is 0 Å².